The molecule has 2 nitrogen and oxygen atoms in total. The van der Waals surface area contributed by atoms with E-state index in [0.717, 1.165) is 12.5 Å². The minimum absolute atomic E-state index is 0.00135. The van der Waals surface area contributed by atoms with Gasteiger partial charge in [-0.25, -0.2) is 8.78 Å². The third-order valence-corrected chi connectivity index (χ3v) is 4.14. The molecular formula is C17H20F3NO. The van der Waals surface area contributed by atoms with Gasteiger partial charge in [0.1, 0.15) is 0 Å². The lowest BCUT2D eigenvalue weighted by atomic mass is 9.80. The Morgan fingerprint density at radius 2 is 1.95 bits per heavy atom. The molecule has 0 aromatic heterocycles. The van der Waals surface area contributed by atoms with Crippen LogP contribution in [0, 0.1) is 5.92 Å². The normalized spacial score (nSPS) is 21.1. The lowest BCUT2D eigenvalue weighted by Gasteiger charge is -2.41. The Morgan fingerprint density at radius 3 is 2.41 bits per heavy atom. The average molecular weight is 311 g/mol. The molecule has 0 spiro atoms. The van der Waals surface area contributed by atoms with E-state index in [2.05, 4.69) is 6.58 Å². The van der Waals surface area contributed by atoms with Crippen LogP contribution in [0.15, 0.2) is 36.9 Å². The van der Waals surface area contributed by atoms with Crippen molar-refractivity contribution in [3.05, 3.63) is 48.0 Å². The van der Waals surface area contributed by atoms with Gasteiger partial charge in [-0.15, -0.1) is 0 Å². The van der Waals surface area contributed by atoms with Crippen molar-refractivity contribution in [3.8, 4) is 0 Å². The topological polar surface area (TPSA) is 20.3 Å². The number of hydrogen-bond acceptors (Lipinski definition) is 1. The second kappa shape index (κ2) is 6.55. The van der Waals surface area contributed by atoms with Crippen molar-refractivity contribution < 1.29 is 18.0 Å². The molecule has 1 aliphatic rings. The Morgan fingerprint density at radius 1 is 1.36 bits per heavy atom. The van der Waals surface area contributed by atoms with E-state index in [1.54, 1.807) is 17.0 Å². The van der Waals surface area contributed by atoms with Crippen molar-refractivity contribution in [2.24, 2.45) is 5.92 Å². The fourth-order valence-corrected chi connectivity index (χ4v) is 2.68. The van der Waals surface area contributed by atoms with E-state index in [0.29, 0.717) is 19.4 Å². The number of carbonyl (C=O) groups is 1. The summed E-state index contributed by atoms with van der Waals surface area (Å²) >= 11 is 0. The maximum absolute atomic E-state index is 13.2. The van der Waals surface area contributed by atoms with Crippen molar-refractivity contribution in [3.63, 3.8) is 0 Å². The minimum atomic E-state index is -2.88. The van der Waals surface area contributed by atoms with Gasteiger partial charge >= 0.3 is 0 Å². The highest BCUT2D eigenvalue weighted by molar-refractivity contribution is 5.87. The van der Waals surface area contributed by atoms with Crippen LogP contribution >= 0.6 is 0 Å². The van der Waals surface area contributed by atoms with Gasteiger partial charge in [0.15, 0.2) is 0 Å². The summed E-state index contributed by atoms with van der Waals surface area (Å²) in [7, 11) is 0. The molecule has 0 heterocycles. The van der Waals surface area contributed by atoms with Crippen molar-refractivity contribution in [1.29, 1.82) is 0 Å². The lowest BCUT2D eigenvalue weighted by Crippen LogP contribution is -2.47. The van der Waals surface area contributed by atoms with Crippen LogP contribution in [0.3, 0.4) is 0 Å². The summed E-state index contributed by atoms with van der Waals surface area (Å²) in [5.74, 6) is -3.07. The SMILES string of the molecule is C=CC(=O)N(Cc1ccc(C(C)(F)F)cc1)C1CC(CF)C1. The van der Waals surface area contributed by atoms with E-state index in [1.807, 2.05) is 0 Å². The highest BCUT2D eigenvalue weighted by atomic mass is 19.3. The quantitative estimate of drug-likeness (QED) is 0.726. The molecule has 2 rings (SSSR count). The molecule has 5 heteroatoms. The summed E-state index contributed by atoms with van der Waals surface area (Å²) in [6.45, 7) is 4.29. The van der Waals surface area contributed by atoms with Gasteiger partial charge in [-0.3, -0.25) is 9.18 Å². The first-order chi connectivity index (χ1) is 10.3. The lowest BCUT2D eigenvalue weighted by molar-refractivity contribution is -0.132. The molecule has 0 unspecified atom stereocenters. The number of alkyl halides is 3. The first kappa shape index (κ1) is 16.6. The molecule has 1 aromatic rings. The van der Waals surface area contributed by atoms with Crippen LogP contribution in [0.2, 0.25) is 0 Å². The second-order valence-corrected chi connectivity index (χ2v) is 5.90. The number of halogens is 3. The smallest absolute Gasteiger partial charge is 0.270 e. The Bertz CT molecular complexity index is 530. The zero-order valence-electron chi connectivity index (χ0n) is 12.6. The molecule has 0 atom stereocenters. The van der Waals surface area contributed by atoms with E-state index < -0.39 is 5.92 Å². The number of carbonyl (C=O) groups excluding carboxylic acids is 1. The Labute approximate surface area is 128 Å². The van der Waals surface area contributed by atoms with Gasteiger partial charge in [0.05, 0.1) is 6.67 Å². The highest BCUT2D eigenvalue weighted by Crippen LogP contribution is 2.33. The third-order valence-electron chi connectivity index (χ3n) is 4.14. The van der Waals surface area contributed by atoms with Gasteiger partial charge in [0.2, 0.25) is 5.91 Å². The number of benzene rings is 1. The number of amides is 1. The summed E-state index contributed by atoms with van der Waals surface area (Å²) in [5.41, 5.74) is 0.714. The first-order valence-corrected chi connectivity index (χ1v) is 7.31. The van der Waals surface area contributed by atoms with Crippen molar-refractivity contribution >= 4 is 5.91 Å². The van der Waals surface area contributed by atoms with Crippen LogP contribution in [0.25, 0.3) is 0 Å². The molecular weight excluding hydrogens is 291 g/mol. The highest BCUT2D eigenvalue weighted by Gasteiger charge is 2.35. The van der Waals surface area contributed by atoms with Gasteiger partial charge in [0.25, 0.3) is 5.92 Å². The van der Waals surface area contributed by atoms with Gasteiger partial charge in [-0.05, 0) is 30.4 Å². The molecule has 1 aromatic carbocycles. The molecule has 0 N–H and O–H groups in total. The van der Waals surface area contributed by atoms with E-state index in [1.165, 1.54) is 18.2 Å². The number of nitrogens with zero attached hydrogens (tertiary/aromatic N) is 1. The molecule has 0 saturated heterocycles. The monoisotopic (exact) mass is 311 g/mol. The summed E-state index contributed by atoms with van der Waals surface area (Å²) < 4.78 is 38.9. The summed E-state index contributed by atoms with van der Waals surface area (Å²) in [6.07, 6.45) is 2.51. The summed E-state index contributed by atoms with van der Waals surface area (Å²) in [6, 6.07) is 5.94. The van der Waals surface area contributed by atoms with Gasteiger partial charge < -0.3 is 4.90 Å². The fraction of sp³-hybridized carbons (Fsp3) is 0.471. The van der Waals surface area contributed by atoms with E-state index in [-0.39, 0.29) is 30.1 Å². The van der Waals surface area contributed by atoms with Crippen molar-refractivity contribution in [2.75, 3.05) is 6.67 Å². The van der Waals surface area contributed by atoms with Crippen LogP contribution < -0.4 is 0 Å². The maximum atomic E-state index is 13.2. The standard InChI is InChI=1S/C17H20F3NO/c1-3-16(22)21(15-8-13(9-15)10-18)11-12-4-6-14(7-5-12)17(2,19)20/h3-7,13,15H,1,8-11H2,2H3. The first-order valence-electron chi connectivity index (χ1n) is 7.31. The molecule has 0 bridgehead atoms. The summed E-state index contributed by atoms with van der Waals surface area (Å²) in [4.78, 5) is 13.6. The minimum Gasteiger partial charge on any atom is -0.332 e. The van der Waals surface area contributed by atoms with Crippen LogP contribution in [-0.2, 0) is 17.3 Å². The van der Waals surface area contributed by atoms with Crippen LogP contribution in [-0.4, -0.2) is 23.5 Å². The molecule has 120 valence electrons. The molecule has 1 amide bonds. The zero-order valence-corrected chi connectivity index (χ0v) is 12.6. The van der Waals surface area contributed by atoms with Gasteiger partial charge in [-0.1, -0.05) is 30.8 Å². The predicted molar refractivity (Wildman–Crippen MR) is 79.2 cm³/mol. The molecule has 0 aliphatic heterocycles. The molecule has 0 radical (unpaired) electrons. The molecule has 1 aliphatic carbocycles. The van der Waals surface area contributed by atoms with Crippen LogP contribution in [0.4, 0.5) is 13.2 Å². The summed E-state index contributed by atoms with van der Waals surface area (Å²) in [5, 5.41) is 0. The van der Waals surface area contributed by atoms with Crippen LogP contribution in [0.1, 0.15) is 30.9 Å². The maximum Gasteiger partial charge on any atom is 0.270 e. The zero-order chi connectivity index (χ0) is 16.3. The van der Waals surface area contributed by atoms with Crippen LogP contribution in [0.5, 0.6) is 0 Å². The average Bonchev–Trinajstić information content (AvgIpc) is 2.44. The number of hydrogen-bond donors (Lipinski definition) is 0. The predicted octanol–water partition coefficient (Wildman–Crippen LogP) is 4.06. The third kappa shape index (κ3) is 3.70. The Hall–Kier alpha value is -1.78. The molecule has 22 heavy (non-hydrogen) atoms. The fourth-order valence-electron chi connectivity index (χ4n) is 2.68. The van der Waals surface area contributed by atoms with E-state index in [9.17, 15) is 18.0 Å². The van der Waals surface area contributed by atoms with Gasteiger partial charge in [-0.2, -0.15) is 0 Å². The number of rotatable bonds is 6. The van der Waals surface area contributed by atoms with E-state index >= 15 is 0 Å². The Balaban J connectivity index is 2.07. The van der Waals surface area contributed by atoms with E-state index in [4.69, 9.17) is 0 Å². The molecule has 1 saturated carbocycles. The van der Waals surface area contributed by atoms with Crippen molar-refractivity contribution in [2.45, 2.75) is 38.3 Å². The van der Waals surface area contributed by atoms with Crippen molar-refractivity contribution in [1.82, 2.24) is 4.90 Å². The molecule has 1 fully saturated rings. The Kier molecular flexibility index (Phi) is 4.94. The van der Waals surface area contributed by atoms with Gasteiger partial charge in [0, 0.05) is 25.1 Å². The largest absolute Gasteiger partial charge is 0.332 e. The second-order valence-electron chi connectivity index (χ2n) is 5.90.